The third-order valence-electron chi connectivity index (χ3n) is 5.06. The second-order valence-corrected chi connectivity index (χ2v) is 6.93. The monoisotopic (exact) mass is 323 g/mol. The molecule has 2 heteroatoms. The van der Waals surface area contributed by atoms with E-state index in [4.69, 9.17) is 0 Å². The predicted octanol–water partition coefficient (Wildman–Crippen LogP) is 5.63. The molecular weight excluding hydrogens is 297 g/mol. The minimum Gasteiger partial charge on any atom is -0.300 e. The van der Waals surface area contributed by atoms with Crippen molar-refractivity contribution < 1.29 is 4.39 Å². The molecule has 0 saturated carbocycles. The van der Waals surface area contributed by atoms with Crippen LogP contribution >= 0.6 is 0 Å². The molecule has 0 atom stereocenters. The fourth-order valence-corrected chi connectivity index (χ4v) is 3.24. The first-order valence-electron chi connectivity index (χ1n) is 8.88. The van der Waals surface area contributed by atoms with Gasteiger partial charge in [-0.05, 0) is 61.5 Å². The van der Waals surface area contributed by atoms with E-state index in [-0.39, 0.29) is 5.82 Å². The number of halogens is 1. The Balaban J connectivity index is 1.66. The molecule has 2 aromatic rings. The van der Waals surface area contributed by atoms with Crippen molar-refractivity contribution in [2.75, 3.05) is 19.6 Å². The molecule has 1 heterocycles. The van der Waals surface area contributed by atoms with Crippen molar-refractivity contribution in [2.45, 2.75) is 26.7 Å². The number of benzene rings is 2. The van der Waals surface area contributed by atoms with Gasteiger partial charge in [0.05, 0.1) is 0 Å². The third-order valence-corrected chi connectivity index (χ3v) is 5.06. The number of hydrogen-bond acceptors (Lipinski definition) is 1. The van der Waals surface area contributed by atoms with Crippen molar-refractivity contribution in [3.63, 3.8) is 0 Å². The standard InChI is InChI=1S/C22H26FN/c1-17-11-14-24(15-12-17)16-13-18(2)19-7-9-20(10-8-19)21-5-3-4-6-22(21)23/h3-10,13,17H,11-12,14-16H2,1-2H3. The lowest BCUT2D eigenvalue weighted by Gasteiger charge is -2.29. The Hall–Kier alpha value is -1.93. The Morgan fingerprint density at radius 2 is 1.75 bits per heavy atom. The molecule has 0 N–H and O–H groups in total. The van der Waals surface area contributed by atoms with E-state index in [1.807, 2.05) is 24.3 Å². The van der Waals surface area contributed by atoms with Crippen molar-refractivity contribution in [3.8, 4) is 11.1 Å². The minimum absolute atomic E-state index is 0.170. The van der Waals surface area contributed by atoms with Crippen molar-refractivity contribution >= 4 is 5.57 Å². The molecule has 1 fully saturated rings. The summed E-state index contributed by atoms with van der Waals surface area (Å²) >= 11 is 0. The van der Waals surface area contributed by atoms with Gasteiger partial charge in [0.25, 0.3) is 0 Å². The molecule has 0 aromatic heterocycles. The van der Waals surface area contributed by atoms with Crippen LogP contribution in [0.25, 0.3) is 16.7 Å². The summed E-state index contributed by atoms with van der Waals surface area (Å²) < 4.78 is 13.9. The van der Waals surface area contributed by atoms with Crippen LogP contribution in [0.3, 0.4) is 0 Å². The van der Waals surface area contributed by atoms with E-state index in [2.05, 4.69) is 37.0 Å². The van der Waals surface area contributed by atoms with Crippen LogP contribution in [0.2, 0.25) is 0 Å². The number of nitrogens with zero attached hydrogens (tertiary/aromatic N) is 1. The molecule has 0 spiro atoms. The largest absolute Gasteiger partial charge is 0.300 e. The van der Waals surface area contributed by atoms with E-state index in [0.29, 0.717) is 5.56 Å². The maximum Gasteiger partial charge on any atom is 0.131 e. The van der Waals surface area contributed by atoms with Gasteiger partial charge in [0.2, 0.25) is 0 Å². The Bertz CT molecular complexity index is 694. The van der Waals surface area contributed by atoms with Gasteiger partial charge in [-0.25, -0.2) is 4.39 Å². The molecule has 0 unspecified atom stereocenters. The number of allylic oxidation sites excluding steroid dienone is 1. The zero-order valence-electron chi connectivity index (χ0n) is 14.6. The molecule has 3 rings (SSSR count). The molecule has 0 bridgehead atoms. The first-order chi connectivity index (χ1) is 11.6. The van der Waals surface area contributed by atoms with Crippen LogP contribution < -0.4 is 0 Å². The van der Waals surface area contributed by atoms with Crippen LogP contribution in [0.4, 0.5) is 4.39 Å². The van der Waals surface area contributed by atoms with Crippen molar-refractivity contribution in [3.05, 3.63) is 66.0 Å². The fraction of sp³-hybridized carbons (Fsp3) is 0.364. The van der Waals surface area contributed by atoms with E-state index < -0.39 is 0 Å². The lowest BCUT2D eigenvalue weighted by molar-refractivity contribution is 0.210. The van der Waals surface area contributed by atoms with Gasteiger partial charge in [-0.1, -0.05) is 55.5 Å². The molecule has 1 saturated heterocycles. The van der Waals surface area contributed by atoms with Gasteiger partial charge in [-0.2, -0.15) is 0 Å². The summed E-state index contributed by atoms with van der Waals surface area (Å²) in [5.74, 6) is 0.703. The second kappa shape index (κ2) is 7.76. The van der Waals surface area contributed by atoms with Crippen LogP contribution in [0.15, 0.2) is 54.6 Å². The average molecular weight is 323 g/mol. The highest BCUT2D eigenvalue weighted by Gasteiger charge is 2.14. The fourth-order valence-electron chi connectivity index (χ4n) is 3.24. The average Bonchev–Trinajstić information content (AvgIpc) is 2.61. The highest BCUT2D eigenvalue weighted by atomic mass is 19.1. The molecule has 0 radical (unpaired) electrons. The zero-order valence-corrected chi connectivity index (χ0v) is 14.6. The Morgan fingerprint density at radius 1 is 1.08 bits per heavy atom. The van der Waals surface area contributed by atoms with Crippen LogP contribution in [0.5, 0.6) is 0 Å². The number of likely N-dealkylation sites (tertiary alicyclic amines) is 1. The summed E-state index contributed by atoms with van der Waals surface area (Å²) in [7, 11) is 0. The maximum atomic E-state index is 13.9. The number of rotatable bonds is 4. The topological polar surface area (TPSA) is 3.24 Å². The van der Waals surface area contributed by atoms with Crippen LogP contribution in [0, 0.1) is 11.7 Å². The molecule has 1 nitrogen and oxygen atoms in total. The van der Waals surface area contributed by atoms with Gasteiger partial charge in [-0.15, -0.1) is 0 Å². The summed E-state index contributed by atoms with van der Waals surface area (Å²) in [5, 5.41) is 0. The van der Waals surface area contributed by atoms with Crippen molar-refractivity contribution in [2.24, 2.45) is 5.92 Å². The summed E-state index contributed by atoms with van der Waals surface area (Å²) in [5.41, 5.74) is 4.08. The van der Waals surface area contributed by atoms with Gasteiger partial charge in [0.15, 0.2) is 0 Å². The second-order valence-electron chi connectivity index (χ2n) is 6.93. The van der Waals surface area contributed by atoms with E-state index >= 15 is 0 Å². The number of piperidine rings is 1. The van der Waals surface area contributed by atoms with Gasteiger partial charge in [0, 0.05) is 12.1 Å². The van der Waals surface area contributed by atoms with Crippen LogP contribution in [-0.2, 0) is 0 Å². The molecule has 0 amide bonds. The SMILES string of the molecule is CC(=CCN1CCC(C)CC1)c1ccc(-c2ccccc2F)cc1. The molecule has 1 aliphatic heterocycles. The molecule has 1 aliphatic rings. The molecular formula is C22H26FN. The maximum absolute atomic E-state index is 13.9. The quantitative estimate of drug-likeness (QED) is 0.705. The Kier molecular flexibility index (Phi) is 5.47. The Labute approximate surface area is 144 Å². The van der Waals surface area contributed by atoms with E-state index in [1.54, 1.807) is 6.07 Å². The van der Waals surface area contributed by atoms with Crippen LogP contribution in [0.1, 0.15) is 32.3 Å². The summed E-state index contributed by atoms with van der Waals surface area (Å²) in [6.07, 6.45) is 4.93. The lowest BCUT2D eigenvalue weighted by Crippen LogP contribution is -2.32. The lowest BCUT2D eigenvalue weighted by atomic mass is 9.98. The van der Waals surface area contributed by atoms with Crippen molar-refractivity contribution in [1.82, 2.24) is 4.90 Å². The van der Waals surface area contributed by atoms with E-state index in [1.165, 1.54) is 43.1 Å². The van der Waals surface area contributed by atoms with Gasteiger partial charge >= 0.3 is 0 Å². The first-order valence-corrected chi connectivity index (χ1v) is 8.88. The van der Waals surface area contributed by atoms with Gasteiger partial charge in [-0.3, -0.25) is 4.90 Å². The highest BCUT2D eigenvalue weighted by Crippen LogP contribution is 2.25. The molecule has 24 heavy (non-hydrogen) atoms. The summed E-state index contributed by atoms with van der Waals surface area (Å²) in [6, 6.07) is 15.1. The minimum atomic E-state index is -0.170. The Morgan fingerprint density at radius 3 is 2.42 bits per heavy atom. The van der Waals surface area contributed by atoms with Gasteiger partial charge < -0.3 is 0 Å². The number of hydrogen-bond donors (Lipinski definition) is 0. The van der Waals surface area contributed by atoms with Crippen LogP contribution in [-0.4, -0.2) is 24.5 Å². The van der Waals surface area contributed by atoms with E-state index in [9.17, 15) is 4.39 Å². The van der Waals surface area contributed by atoms with Crippen molar-refractivity contribution in [1.29, 1.82) is 0 Å². The zero-order chi connectivity index (χ0) is 16.9. The summed E-state index contributed by atoms with van der Waals surface area (Å²) in [4.78, 5) is 2.53. The smallest absolute Gasteiger partial charge is 0.131 e. The molecule has 0 aliphatic carbocycles. The molecule has 2 aromatic carbocycles. The highest BCUT2D eigenvalue weighted by molar-refractivity contribution is 5.69. The van der Waals surface area contributed by atoms with Gasteiger partial charge in [0.1, 0.15) is 5.82 Å². The third kappa shape index (κ3) is 4.12. The van der Waals surface area contributed by atoms with E-state index in [0.717, 1.165) is 18.0 Å². The summed E-state index contributed by atoms with van der Waals surface area (Å²) in [6.45, 7) is 7.93. The predicted molar refractivity (Wildman–Crippen MR) is 100 cm³/mol. The first kappa shape index (κ1) is 16.9. The molecule has 126 valence electrons. The normalized spacial score (nSPS) is 17.2.